The Morgan fingerprint density at radius 2 is 0.746 bits per heavy atom. The molecular formula is C58H43N. The van der Waals surface area contributed by atoms with Crippen LogP contribution in [0.4, 0.5) is 17.1 Å². The van der Waals surface area contributed by atoms with Crippen LogP contribution in [0.15, 0.2) is 224 Å². The van der Waals surface area contributed by atoms with E-state index in [1.54, 1.807) is 0 Å². The van der Waals surface area contributed by atoms with Gasteiger partial charge in [-0.1, -0.05) is 202 Å². The molecule has 0 bridgehead atoms. The number of fused-ring (bicyclic) bond motifs is 6. The first-order chi connectivity index (χ1) is 29.0. The minimum atomic E-state index is -0.497. The topological polar surface area (TPSA) is 3.24 Å². The highest BCUT2D eigenvalue weighted by molar-refractivity contribution is 5.92. The van der Waals surface area contributed by atoms with Gasteiger partial charge in [0, 0.05) is 22.5 Å². The van der Waals surface area contributed by atoms with Gasteiger partial charge in [0.1, 0.15) is 0 Å². The summed E-state index contributed by atoms with van der Waals surface area (Å²) < 4.78 is 0. The van der Waals surface area contributed by atoms with Crippen LogP contribution in [-0.4, -0.2) is 0 Å². The number of hydrogen-bond acceptors (Lipinski definition) is 1. The maximum atomic E-state index is 2.47. The molecule has 0 spiro atoms. The Labute approximate surface area is 347 Å². The minimum absolute atomic E-state index is 0.217. The molecule has 280 valence electrons. The SMILES string of the molecule is CC1(C)c2cc(N(c3ccc(-c4ccccc4)cc3)c3ccc4c(c3)C(c3ccccc3)(c3ccccc3)c3ccccc3-4)ccc2-c2cccc(-c3ccccc3)c21. The Morgan fingerprint density at radius 3 is 1.37 bits per heavy atom. The molecule has 0 saturated heterocycles. The molecular weight excluding hydrogens is 711 g/mol. The molecule has 0 saturated carbocycles. The van der Waals surface area contributed by atoms with Crippen LogP contribution in [0.2, 0.25) is 0 Å². The summed E-state index contributed by atoms with van der Waals surface area (Å²) >= 11 is 0. The fraction of sp³-hybridized carbons (Fsp3) is 0.0690. The molecule has 9 aromatic carbocycles. The molecule has 0 amide bonds. The fourth-order valence-corrected chi connectivity index (χ4v) is 10.3. The summed E-state index contributed by atoms with van der Waals surface area (Å²) in [5.74, 6) is 0. The van der Waals surface area contributed by atoms with Crippen LogP contribution in [0, 0.1) is 0 Å². The van der Waals surface area contributed by atoms with Gasteiger partial charge in [-0.15, -0.1) is 0 Å². The molecule has 2 aliphatic carbocycles. The normalized spacial score (nSPS) is 13.9. The van der Waals surface area contributed by atoms with E-state index in [9.17, 15) is 0 Å². The van der Waals surface area contributed by atoms with Crippen LogP contribution in [0.3, 0.4) is 0 Å². The van der Waals surface area contributed by atoms with Gasteiger partial charge in [-0.3, -0.25) is 0 Å². The van der Waals surface area contributed by atoms with Crippen molar-refractivity contribution in [2.45, 2.75) is 24.7 Å². The number of nitrogens with zero attached hydrogens (tertiary/aromatic N) is 1. The van der Waals surface area contributed by atoms with Crippen molar-refractivity contribution in [3.63, 3.8) is 0 Å². The highest BCUT2D eigenvalue weighted by Crippen LogP contribution is 2.58. The quantitative estimate of drug-likeness (QED) is 0.157. The van der Waals surface area contributed by atoms with Crippen molar-refractivity contribution in [2.24, 2.45) is 0 Å². The Kier molecular flexibility index (Phi) is 8.13. The van der Waals surface area contributed by atoms with Crippen LogP contribution in [0.5, 0.6) is 0 Å². The van der Waals surface area contributed by atoms with Crippen molar-refractivity contribution in [3.8, 4) is 44.5 Å². The van der Waals surface area contributed by atoms with Gasteiger partial charge in [-0.25, -0.2) is 0 Å². The van der Waals surface area contributed by atoms with E-state index in [4.69, 9.17) is 0 Å². The van der Waals surface area contributed by atoms with Gasteiger partial charge in [0.2, 0.25) is 0 Å². The van der Waals surface area contributed by atoms with E-state index in [-0.39, 0.29) is 5.41 Å². The lowest BCUT2D eigenvalue weighted by molar-refractivity contribution is 0.662. The average Bonchev–Trinajstić information content (AvgIpc) is 3.73. The van der Waals surface area contributed by atoms with E-state index in [0.29, 0.717) is 0 Å². The lowest BCUT2D eigenvalue weighted by Gasteiger charge is -2.35. The Morgan fingerprint density at radius 1 is 0.305 bits per heavy atom. The molecule has 0 atom stereocenters. The van der Waals surface area contributed by atoms with Crippen molar-refractivity contribution >= 4 is 17.1 Å². The van der Waals surface area contributed by atoms with Crippen molar-refractivity contribution in [3.05, 3.63) is 258 Å². The van der Waals surface area contributed by atoms with Gasteiger partial charge in [-0.2, -0.15) is 0 Å². The first kappa shape index (κ1) is 35.0. The van der Waals surface area contributed by atoms with Crippen LogP contribution < -0.4 is 4.90 Å². The summed E-state index contributed by atoms with van der Waals surface area (Å²) in [6.07, 6.45) is 0. The molecule has 0 aromatic heterocycles. The van der Waals surface area contributed by atoms with Crippen LogP contribution >= 0.6 is 0 Å². The Hall–Kier alpha value is -7.22. The zero-order valence-corrected chi connectivity index (χ0v) is 33.3. The summed E-state index contributed by atoms with van der Waals surface area (Å²) in [6.45, 7) is 4.79. The fourth-order valence-electron chi connectivity index (χ4n) is 10.3. The molecule has 0 heterocycles. The van der Waals surface area contributed by atoms with E-state index in [2.05, 4.69) is 243 Å². The number of anilines is 3. The molecule has 0 radical (unpaired) electrons. The van der Waals surface area contributed by atoms with Gasteiger partial charge in [0.05, 0.1) is 5.41 Å². The summed E-state index contributed by atoms with van der Waals surface area (Å²) in [7, 11) is 0. The van der Waals surface area contributed by atoms with Crippen molar-refractivity contribution < 1.29 is 0 Å². The third-order valence-electron chi connectivity index (χ3n) is 12.9. The zero-order valence-electron chi connectivity index (χ0n) is 33.3. The van der Waals surface area contributed by atoms with E-state index < -0.39 is 5.41 Å². The Balaban J connectivity index is 1.13. The zero-order chi connectivity index (χ0) is 39.6. The maximum absolute atomic E-state index is 2.47. The maximum Gasteiger partial charge on any atom is 0.0714 e. The lowest BCUT2D eigenvalue weighted by atomic mass is 9.67. The third kappa shape index (κ3) is 5.39. The van der Waals surface area contributed by atoms with Gasteiger partial charge in [0.15, 0.2) is 0 Å². The predicted octanol–water partition coefficient (Wildman–Crippen LogP) is 15.2. The second kappa shape index (κ2) is 13.7. The second-order valence-electron chi connectivity index (χ2n) is 16.5. The molecule has 2 aliphatic rings. The van der Waals surface area contributed by atoms with E-state index in [1.165, 1.54) is 77.9 Å². The van der Waals surface area contributed by atoms with Crippen molar-refractivity contribution in [1.82, 2.24) is 0 Å². The second-order valence-corrected chi connectivity index (χ2v) is 16.5. The van der Waals surface area contributed by atoms with Gasteiger partial charge in [-0.05, 0) is 114 Å². The van der Waals surface area contributed by atoms with Crippen molar-refractivity contribution in [1.29, 1.82) is 0 Å². The van der Waals surface area contributed by atoms with Gasteiger partial charge in [0.25, 0.3) is 0 Å². The molecule has 0 fully saturated rings. The summed E-state index contributed by atoms with van der Waals surface area (Å²) in [4.78, 5) is 2.47. The van der Waals surface area contributed by atoms with E-state index in [1.807, 2.05) is 0 Å². The molecule has 0 unspecified atom stereocenters. The first-order valence-electron chi connectivity index (χ1n) is 20.7. The molecule has 9 aromatic rings. The molecule has 11 rings (SSSR count). The lowest BCUT2D eigenvalue weighted by Crippen LogP contribution is -2.28. The van der Waals surface area contributed by atoms with Crippen LogP contribution in [0.1, 0.15) is 47.2 Å². The standard InChI is InChI=1S/C58H43N/c1-57(2)54-38-46(35-37-51(54)52-28-17-27-48(56(52)57)42-20-9-4-10-21-42)59(45-32-30-41(31-33-45)40-18-7-3-8-19-40)47-34-36-50-49-26-15-16-29-53(49)58(55(50)39-47,43-22-11-5-12-23-43)44-24-13-6-14-25-44/h3-39H,1-2H3. The van der Waals surface area contributed by atoms with Gasteiger partial charge >= 0.3 is 0 Å². The molecule has 1 nitrogen and oxygen atoms in total. The largest absolute Gasteiger partial charge is 0.310 e. The Bertz CT molecular complexity index is 2940. The van der Waals surface area contributed by atoms with Crippen molar-refractivity contribution in [2.75, 3.05) is 4.90 Å². The highest BCUT2D eigenvalue weighted by atomic mass is 15.1. The summed E-state index contributed by atoms with van der Waals surface area (Å²) in [5.41, 5.74) is 20.7. The number of benzene rings is 9. The van der Waals surface area contributed by atoms with E-state index in [0.717, 1.165) is 17.1 Å². The van der Waals surface area contributed by atoms with Crippen LogP contribution in [-0.2, 0) is 10.8 Å². The third-order valence-corrected chi connectivity index (χ3v) is 12.9. The highest BCUT2D eigenvalue weighted by Gasteiger charge is 2.46. The average molecular weight is 754 g/mol. The number of hydrogen-bond donors (Lipinski definition) is 0. The monoisotopic (exact) mass is 753 g/mol. The smallest absolute Gasteiger partial charge is 0.0714 e. The first-order valence-corrected chi connectivity index (χ1v) is 20.7. The molecule has 1 heteroatoms. The number of rotatable bonds is 7. The minimum Gasteiger partial charge on any atom is -0.310 e. The van der Waals surface area contributed by atoms with E-state index >= 15 is 0 Å². The summed E-state index contributed by atoms with van der Waals surface area (Å²) in [5, 5.41) is 0. The molecule has 59 heavy (non-hydrogen) atoms. The summed E-state index contributed by atoms with van der Waals surface area (Å²) in [6, 6.07) is 82.9. The molecule has 0 aliphatic heterocycles. The predicted molar refractivity (Wildman–Crippen MR) is 247 cm³/mol. The molecule has 0 N–H and O–H groups in total. The van der Waals surface area contributed by atoms with Gasteiger partial charge < -0.3 is 4.90 Å². The van der Waals surface area contributed by atoms with Crippen LogP contribution in [0.25, 0.3) is 44.5 Å².